The first-order valence-corrected chi connectivity index (χ1v) is 7.53. The fourth-order valence-electron chi connectivity index (χ4n) is 2.03. The van der Waals surface area contributed by atoms with E-state index in [0.717, 1.165) is 10.9 Å². The lowest BCUT2D eigenvalue weighted by molar-refractivity contribution is 0.0277. The van der Waals surface area contributed by atoms with Crippen LogP contribution in [0.2, 0.25) is 0 Å². The minimum atomic E-state index is -0.561. The summed E-state index contributed by atoms with van der Waals surface area (Å²) in [6, 6.07) is 14.1. The Balaban J connectivity index is 2.18. The number of amides is 1. The molecule has 0 aliphatic carbocycles. The first kappa shape index (κ1) is 16.7. The molecule has 2 aromatic rings. The van der Waals surface area contributed by atoms with Crippen molar-refractivity contribution in [2.45, 2.75) is 26.4 Å². The van der Waals surface area contributed by atoms with Gasteiger partial charge in [0.15, 0.2) is 0 Å². The van der Waals surface area contributed by atoms with Gasteiger partial charge in [0.2, 0.25) is 0 Å². The normalized spacial score (nSPS) is 11.6. The summed E-state index contributed by atoms with van der Waals surface area (Å²) in [5.41, 5.74) is 0.357. The van der Waals surface area contributed by atoms with Crippen LogP contribution in [0, 0.1) is 0 Å². The van der Waals surface area contributed by atoms with Crippen LogP contribution in [0.5, 0.6) is 0 Å². The molecule has 0 bridgehead atoms. The van der Waals surface area contributed by atoms with Crippen molar-refractivity contribution in [2.24, 2.45) is 5.10 Å². The Bertz CT molecular complexity index is 729. The molecule has 0 atom stereocenters. The molecule has 0 aromatic heterocycles. The van der Waals surface area contributed by atoms with Crippen molar-refractivity contribution in [1.82, 2.24) is 5.01 Å². The Morgan fingerprint density at radius 1 is 1.22 bits per heavy atom. The second-order valence-electron chi connectivity index (χ2n) is 6.20. The third-order valence-corrected chi connectivity index (χ3v) is 3.03. The van der Waals surface area contributed by atoms with Gasteiger partial charge in [-0.2, -0.15) is 10.1 Å². The molecule has 0 unspecified atom stereocenters. The molecule has 0 fully saturated rings. The van der Waals surface area contributed by atoms with Crippen LogP contribution >= 0.6 is 0 Å². The van der Waals surface area contributed by atoms with Crippen LogP contribution in [0.25, 0.3) is 10.8 Å². The molecule has 1 amide bonds. The highest BCUT2D eigenvalue weighted by Gasteiger charge is 2.20. The summed E-state index contributed by atoms with van der Waals surface area (Å²) in [7, 11) is 0. The number of rotatable bonds is 4. The highest BCUT2D eigenvalue weighted by Crippen LogP contribution is 2.15. The van der Waals surface area contributed by atoms with Crippen LogP contribution in [0.3, 0.4) is 0 Å². The maximum atomic E-state index is 12.1. The summed E-state index contributed by atoms with van der Waals surface area (Å²) in [5, 5.41) is 7.79. The SMILES string of the molecule is C=CCN(/N=C\c1ccc2ccccc2c1)C(=O)OC(C)(C)C. The van der Waals surface area contributed by atoms with Gasteiger partial charge in [0.1, 0.15) is 5.60 Å². The van der Waals surface area contributed by atoms with E-state index < -0.39 is 11.7 Å². The molecule has 0 radical (unpaired) electrons. The van der Waals surface area contributed by atoms with E-state index in [1.165, 1.54) is 10.4 Å². The third kappa shape index (κ3) is 4.95. The van der Waals surface area contributed by atoms with Gasteiger partial charge in [-0.1, -0.05) is 42.5 Å². The number of fused-ring (bicyclic) bond motifs is 1. The van der Waals surface area contributed by atoms with Crippen LogP contribution in [0.1, 0.15) is 26.3 Å². The summed E-state index contributed by atoms with van der Waals surface area (Å²) in [4.78, 5) is 12.1. The zero-order valence-corrected chi connectivity index (χ0v) is 13.8. The summed E-state index contributed by atoms with van der Waals surface area (Å²) in [6.45, 7) is 9.41. The molecule has 0 aliphatic rings. The summed E-state index contributed by atoms with van der Waals surface area (Å²) in [6.07, 6.45) is 2.77. The fourth-order valence-corrected chi connectivity index (χ4v) is 2.03. The number of hydrogen-bond acceptors (Lipinski definition) is 3. The van der Waals surface area contributed by atoms with Gasteiger partial charge >= 0.3 is 6.09 Å². The molecular formula is C19H22N2O2. The van der Waals surface area contributed by atoms with E-state index in [1.807, 2.05) is 57.2 Å². The lowest BCUT2D eigenvalue weighted by atomic mass is 10.1. The lowest BCUT2D eigenvalue weighted by Gasteiger charge is -2.23. The highest BCUT2D eigenvalue weighted by atomic mass is 16.6. The Morgan fingerprint density at radius 3 is 2.57 bits per heavy atom. The molecule has 2 rings (SSSR count). The van der Waals surface area contributed by atoms with Gasteiger partial charge in [0, 0.05) is 0 Å². The maximum absolute atomic E-state index is 12.1. The van der Waals surface area contributed by atoms with E-state index in [9.17, 15) is 4.79 Å². The van der Waals surface area contributed by atoms with Crippen LogP contribution in [-0.2, 0) is 4.74 Å². The molecule has 4 nitrogen and oxygen atoms in total. The number of benzene rings is 2. The maximum Gasteiger partial charge on any atom is 0.431 e. The quantitative estimate of drug-likeness (QED) is 0.470. The summed E-state index contributed by atoms with van der Waals surface area (Å²) >= 11 is 0. The molecule has 0 spiro atoms. The molecule has 120 valence electrons. The predicted octanol–water partition coefficient (Wildman–Crippen LogP) is 4.60. The van der Waals surface area contributed by atoms with Crippen molar-refractivity contribution >= 4 is 23.1 Å². The number of ether oxygens (including phenoxy) is 1. The molecule has 0 aliphatic heterocycles. The van der Waals surface area contributed by atoms with Crippen molar-refractivity contribution in [3.05, 3.63) is 60.7 Å². The van der Waals surface area contributed by atoms with Gasteiger partial charge in [0.25, 0.3) is 0 Å². The topological polar surface area (TPSA) is 41.9 Å². The van der Waals surface area contributed by atoms with Crippen molar-refractivity contribution in [2.75, 3.05) is 6.54 Å². The molecule has 23 heavy (non-hydrogen) atoms. The minimum absolute atomic E-state index is 0.291. The molecular weight excluding hydrogens is 288 g/mol. The van der Waals surface area contributed by atoms with E-state index in [2.05, 4.69) is 17.7 Å². The lowest BCUT2D eigenvalue weighted by Crippen LogP contribution is -2.33. The Hall–Kier alpha value is -2.62. The van der Waals surface area contributed by atoms with Gasteiger partial charge in [-0.05, 0) is 43.2 Å². The second kappa shape index (κ2) is 7.09. The molecule has 0 N–H and O–H groups in total. The smallest absolute Gasteiger partial charge is 0.431 e. The van der Waals surface area contributed by atoms with E-state index in [-0.39, 0.29) is 0 Å². The van der Waals surface area contributed by atoms with Crippen molar-refractivity contribution < 1.29 is 9.53 Å². The number of nitrogens with zero attached hydrogens (tertiary/aromatic N) is 2. The monoisotopic (exact) mass is 310 g/mol. The van der Waals surface area contributed by atoms with Crippen LogP contribution in [-0.4, -0.2) is 29.5 Å². The molecule has 0 heterocycles. The van der Waals surface area contributed by atoms with Crippen LogP contribution < -0.4 is 0 Å². The summed E-state index contributed by atoms with van der Waals surface area (Å²) in [5.74, 6) is 0. The Kier molecular flexibility index (Phi) is 5.16. The molecule has 2 aromatic carbocycles. The third-order valence-electron chi connectivity index (χ3n) is 3.03. The number of carbonyl (C=O) groups is 1. The zero-order valence-electron chi connectivity index (χ0n) is 13.8. The van der Waals surface area contributed by atoms with Crippen molar-refractivity contribution in [1.29, 1.82) is 0 Å². The molecule has 0 saturated carbocycles. The summed E-state index contributed by atoms with van der Waals surface area (Å²) < 4.78 is 5.34. The van der Waals surface area contributed by atoms with E-state index in [1.54, 1.807) is 12.3 Å². The number of carbonyl (C=O) groups excluding carboxylic acids is 1. The van der Waals surface area contributed by atoms with Crippen molar-refractivity contribution in [3.8, 4) is 0 Å². The Labute approximate surface area is 137 Å². The highest BCUT2D eigenvalue weighted by molar-refractivity contribution is 5.90. The standard InChI is InChI=1S/C19H22N2O2/c1-5-12-21(18(22)23-19(2,3)4)20-14-15-10-11-16-8-6-7-9-17(16)13-15/h5-11,13-14H,1,12H2,2-4H3/b20-14-. The first-order valence-electron chi connectivity index (χ1n) is 7.53. The van der Waals surface area contributed by atoms with Gasteiger partial charge in [-0.25, -0.2) is 4.79 Å². The predicted molar refractivity (Wildman–Crippen MR) is 94.7 cm³/mol. The number of hydrogen-bond donors (Lipinski definition) is 0. The largest absolute Gasteiger partial charge is 0.442 e. The molecule has 4 heteroatoms. The van der Waals surface area contributed by atoms with Crippen LogP contribution in [0.4, 0.5) is 4.79 Å². The second-order valence-corrected chi connectivity index (χ2v) is 6.20. The number of hydrazone groups is 1. The van der Waals surface area contributed by atoms with Gasteiger partial charge in [-0.15, -0.1) is 6.58 Å². The van der Waals surface area contributed by atoms with E-state index in [0.29, 0.717) is 6.54 Å². The molecule has 0 saturated heterocycles. The van der Waals surface area contributed by atoms with Crippen molar-refractivity contribution in [3.63, 3.8) is 0 Å². The van der Waals surface area contributed by atoms with Gasteiger partial charge < -0.3 is 4.74 Å². The van der Waals surface area contributed by atoms with Crippen LogP contribution in [0.15, 0.2) is 60.2 Å². The first-order chi connectivity index (χ1) is 10.9. The fraction of sp³-hybridized carbons (Fsp3) is 0.263. The van der Waals surface area contributed by atoms with E-state index in [4.69, 9.17) is 4.74 Å². The average Bonchev–Trinajstić information content (AvgIpc) is 2.49. The van der Waals surface area contributed by atoms with Gasteiger partial charge in [0.05, 0.1) is 12.8 Å². The Morgan fingerprint density at radius 2 is 1.91 bits per heavy atom. The van der Waals surface area contributed by atoms with E-state index >= 15 is 0 Å². The zero-order chi connectivity index (χ0) is 16.9. The average molecular weight is 310 g/mol. The minimum Gasteiger partial charge on any atom is -0.442 e. The van der Waals surface area contributed by atoms with Gasteiger partial charge in [-0.3, -0.25) is 0 Å².